The number of amides is 1. The molecule has 7 nitrogen and oxygen atoms in total. The van der Waals surface area contributed by atoms with Crippen molar-refractivity contribution in [1.82, 2.24) is 19.0 Å². The quantitative estimate of drug-likeness (QED) is 0.597. The van der Waals surface area contributed by atoms with Gasteiger partial charge in [0.15, 0.2) is 0 Å². The molecule has 31 heavy (non-hydrogen) atoms. The molecular formula is C21H20ClFN4O3S. The molecule has 1 aliphatic rings. The number of piperazine rings is 1. The van der Waals surface area contributed by atoms with Gasteiger partial charge in [0, 0.05) is 31.2 Å². The van der Waals surface area contributed by atoms with E-state index >= 15 is 0 Å². The molecule has 4 rings (SSSR count). The van der Waals surface area contributed by atoms with Gasteiger partial charge in [0.05, 0.1) is 28.0 Å². The first-order valence-electron chi connectivity index (χ1n) is 9.63. The Morgan fingerprint density at radius 1 is 1.00 bits per heavy atom. The molecule has 0 radical (unpaired) electrons. The van der Waals surface area contributed by atoms with Crippen molar-refractivity contribution in [2.45, 2.75) is 11.8 Å². The van der Waals surface area contributed by atoms with Gasteiger partial charge in [-0.1, -0.05) is 11.6 Å². The van der Waals surface area contributed by atoms with Crippen molar-refractivity contribution >= 4 is 27.5 Å². The Kier molecular flexibility index (Phi) is 5.83. The lowest BCUT2D eigenvalue weighted by Gasteiger charge is -2.34. The molecule has 0 unspecified atom stereocenters. The maximum atomic E-state index is 13.1. The number of sulfonamides is 1. The first kappa shape index (κ1) is 21.5. The third-order valence-electron chi connectivity index (χ3n) is 5.29. The van der Waals surface area contributed by atoms with Crippen molar-refractivity contribution in [2.75, 3.05) is 26.2 Å². The Balaban J connectivity index is 1.46. The van der Waals surface area contributed by atoms with Crippen molar-refractivity contribution in [3.63, 3.8) is 0 Å². The third kappa shape index (κ3) is 4.21. The second kappa shape index (κ2) is 8.41. The summed E-state index contributed by atoms with van der Waals surface area (Å²) in [5, 5.41) is 4.93. The molecule has 0 aliphatic carbocycles. The van der Waals surface area contributed by atoms with Crippen LogP contribution in [0.5, 0.6) is 0 Å². The fourth-order valence-electron chi connectivity index (χ4n) is 3.52. The Hall–Kier alpha value is -2.75. The number of rotatable bonds is 4. The average Bonchev–Trinajstić information content (AvgIpc) is 3.15. The summed E-state index contributed by atoms with van der Waals surface area (Å²) in [5.41, 5.74) is 1.94. The summed E-state index contributed by atoms with van der Waals surface area (Å²) in [6, 6.07) is 11.9. The van der Waals surface area contributed by atoms with E-state index in [-0.39, 0.29) is 37.0 Å². The Bertz CT molecular complexity index is 1200. The van der Waals surface area contributed by atoms with Gasteiger partial charge in [-0.3, -0.25) is 4.79 Å². The second-order valence-corrected chi connectivity index (χ2v) is 9.56. The number of nitrogens with zero attached hydrogens (tertiary/aromatic N) is 4. The highest BCUT2D eigenvalue weighted by Crippen LogP contribution is 2.21. The number of aromatic nitrogens is 2. The minimum atomic E-state index is -3.73. The standard InChI is InChI=1S/C21H20ClFN4O3S/c1-15-20(14-24-27(15)18-6-2-16(22)3-7-18)21(28)25-10-12-26(13-11-25)31(29,30)19-8-4-17(23)5-9-19/h2-9,14H,10-13H2,1H3. The molecule has 0 saturated carbocycles. The zero-order chi connectivity index (χ0) is 22.2. The van der Waals surface area contributed by atoms with E-state index in [1.165, 1.54) is 22.6 Å². The van der Waals surface area contributed by atoms with E-state index in [0.29, 0.717) is 16.3 Å². The van der Waals surface area contributed by atoms with E-state index in [9.17, 15) is 17.6 Å². The Labute approximate surface area is 184 Å². The monoisotopic (exact) mass is 462 g/mol. The van der Waals surface area contributed by atoms with Gasteiger partial charge in [-0.15, -0.1) is 0 Å². The number of benzene rings is 2. The summed E-state index contributed by atoms with van der Waals surface area (Å²) in [6.45, 7) is 2.64. The van der Waals surface area contributed by atoms with Gasteiger partial charge in [0.1, 0.15) is 5.82 Å². The molecule has 2 heterocycles. The Morgan fingerprint density at radius 2 is 1.61 bits per heavy atom. The van der Waals surface area contributed by atoms with Crippen molar-refractivity contribution in [2.24, 2.45) is 0 Å². The van der Waals surface area contributed by atoms with Crippen LogP contribution in [-0.2, 0) is 10.0 Å². The molecule has 1 saturated heterocycles. The maximum Gasteiger partial charge on any atom is 0.257 e. The minimum absolute atomic E-state index is 0.0359. The summed E-state index contributed by atoms with van der Waals surface area (Å²) < 4.78 is 41.6. The van der Waals surface area contributed by atoms with Crippen molar-refractivity contribution in [3.05, 3.63) is 76.8 Å². The number of hydrogen-bond acceptors (Lipinski definition) is 4. The fourth-order valence-corrected chi connectivity index (χ4v) is 5.07. The van der Waals surface area contributed by atoms with E-state index in [0.717, 1.165) is 17.8 Å². The van der Waals surface area contributed by atoms with Crippen LogP contribution in [0.4, 0.5) is 4.39 Å². The molecule has 1 aromatic heterocycles. The lowest BCUT2D eigenvalue weighted by Crippen LogP contribution is -2.50. The molecule has 1 aliphatic heterocycles. The van der Waals surface area contributed by atoms with Gasteiger partial charge in [-0.05, 0) is 55.5 Å². The molecule has 0 bridgehead atoms. The number of hydrogen-bond donors (Lipinski definition) is 0. The van der Waals surface area contributed by atoms with Gasteiger partial charge in [0.25, 0.3) is 5.91 Å². The first-order chi connectivity index (χ1) is 14.8. The molecule has 2 aromatic carbocycles. The summed E-state index contributed by atoms with van der Waals surface area (Å²) in [5.74, 6) is -0.694. The number of carbonyl (C=O) groups is 1. The summed E-state index contributed by atoms with van der Waals surface area (Å²) in [7, 11) is -3.73. The van der Waals surface area contributed by atoms with Crippen LogP contribution in [0.15, 0.2) is 59.6 Å². The van der Waals surface area contributed by atoms with E-state index < -0.39 is 15.8 Å². The van der Waals surface area contributed by atoms with Gasteiger partial charge in [0.2, 0.25) is 10.0 Å². The zero-order valence-electron chi connectivity index (χ0n) is 16.7. The predicted molar refractivity (Wildman–Crippen MR) is 114 cm³/mol. The van der Waals surface area contributed by atoms with Gasteiger partial charge in [-0.25, -0.2) is 17.5 Å². The fraction of sp³-hybridized carbons (Fsp3) is 0.238. The maximum absolute atomic E-state index is 13.1. The largest absolute Gasteiger partial charge is 0.336 e. The molecule has 0 spiro atoms. The van der Waals surface area contributed by atoms with Crippen LogP contribution in [0.1, 0.15) is 16.1 Å². The summed E-state index contributed by atoms with van der Waals surface area (Å²) >= 11 is 5.93. The van der Waals surface area contributed by atoms with E-state index in [1.54, 1.807) is 21.7 Å². The van der Waals surface area contributed by atoms with Crippen LogP contribution in [0.2, 0.25) is 5.02 Å². The smallest absolute Gasteiger partial charge is 0.257 e. The van der Waals surface area contributed by atoms with Crippen LogP contribution in [-0.4, -0.2) is 59.5 Å². The normalized spacial score (nSPS) is 15.3. The van der Waals surface area contributed by atoms with Gasteiger partial charge >= 0.3 is 0 Å². The lowest BCUT2D eigenvalue weighted by molar-refractivity contribution is 0.0697. The number of carbonyl (C=O) groups excluding carboxylic acids is 1. The second-order valence-electron chi connectivity index (χ2n) is 7.18. The van der Waals surface area contributed by atoms with E-state index in [4.69, 9.17) is 11.6 Å². The topological polar surface area (TPSA) is 75.5 Å². The Morgan fingerprint density at radius 3 is 2.23 bits per heavy atom. The van der Waals surface area contributed by atoms with Crippen molar-refractivity contribution in [3.8, 4) is 5.69 Å². The molecular weight excluding hydrogens is 443 g/mol. The minimum Gasteiger partial charge on any atom is -0.336 e. The van der Waals surface area contributed by atoms with Gasteiger partial charge in [-0.2, -0.15) is 9.40 Å². The molecule has 1 fully saturated rings. The van der Waals surface area contributed by atoms with Crippen LogP contribution in [0, 0.1) is 12.7 Å². The lowest BCUT2D eigenvalue weighted by atomic mass is 10.2. The molecule has 162 valence electrons. The highest BCUT2D eigenvalue weighted by molar-refractivity contribution is 7.89. The number of halogens is 2. The average molecular weight is 463 g/mol. The molecule has 3 aromatic rings. The van der Waals surface area contributed by atoms with Crippen LogP contribution < -0.4 is 0 Å². The highest BCUT2D eigenvalue weighted by atomic mass is 35.5. The van der Waals surface area contributed by atoms with E-state index in [2.05, 4.69) is 5.10 Å². The molecule has 10 heteroatoms. The van der Waals surface area contributed by atoms with Gasteiger partial charge < -0.3 is 4.90 Å². The van der Waals surface area contributed by atoms with E-state index in [1.807, 2.05) is 19.1 Å². The van der Waals surface area contributed by atoms with Crippen LogP contribution in [0.25, 0.3) is 5.69 Å². The predicted octanol–water partition coefficient (Wildman–Crippen LogP) is 3.12. The molecule has 0 N–H and O–H groups in total. The van der Waals surface area contributed by atoms with Crippen molar-refractivity contribution in [1.29, 1.82) is 0 Å². The third-order valence-corrected chi connectivity index (χ3v) is 7.45. The zero-order valence-corrected chi connectivity index (χ0v) is 18.3. The first-order valence-corrected chi connectivity index (χ1v) is 11.4. The van der Waals surface area contributed by atoms with Crippen LogP contribution >= 0.6 is 11.6 Å². The highest BCUT2D eigenvalue weighted by Gasteiger charge is 2.31. The molecule has 0 atom stereocenters. The van der Waals surface area contributed by atoms with Crippen molar-refractivity contribution < 1.29 is 17.6 Å². The molecule has 1 amide bonds. The SMILES string of the molecule is Cc1c(C(=O)N2CCN(S(=O)(=O)c3ccc(F)cc3)CC2)cnn1-c1ccc(Cl)cc1. The summed E-state index contributed by atoms with van der Waals surface area (Å²) in [6.07, 6.45) is 1.52. The summed E-state index contributed by atoms with van der Waals surface area (Å²) in [4.78, 5) is 14.7. The van der Waals surface area contributed by atoms with Crippen LogP contribution in [0.3, 0.4) is 0 Å².